The van der Waals surface area contributed by atoms with E-state index >= 15 is 0 Å². The molecule has 0 heterocycles. The number of nitrogens with one attached hydrogen (secondary N) is 1. The Balaban J connectivity index is 1.75. The van der Waals surface area contributed by atoms with Gasteiger partial charge in [0.15, 0.2) is 0 Å². The Hall–Kier alpha value is -3.92. The topological polar surface area (TPSA) is 119 Å². The third-order valence-corrected chi connectivity index (χ3v) is 6.42. The molecule has 1 amide bonds. The van der Waals surface area contributed by atoms with Crippen LogP contribution < -0.4 is 14.4 Å². The van der Waals surface area contributed by atoms with E-state index in [9.17, 15) is 23.3 Å². The fourth-order valence-electron chi connectivity index (χ4n) is 3.05. The molecule has 33 heavy (non-hydrogen) atoms. The third kappa shape index (κ3) is 6.30. The van der Waals surface area contributed by atoms with Crippen molar-refractivity contribution in [3.05, 3.63) is 94.5 Å². The number of aryl methyl sites for hydroxylation is 1. The van der Waals surface area contributed by atoms with Gasteiger partial charge in [0.25, 0.3) is 15.7 Å². The molecule has 0 unspecified atom stereocenters. The van der Waals surface area contributed by atoms with Crippen LogP contribution in [0.1, 0.15) is 5.56 Å². The minimum Gasteiger partial charge on any atom is -0.492 e. The number of benzene rings is 3. The maximum absolute atomic E-state index is 13.2. The Bertz CT molecular complexity index is 1230. The van der Waals surface area contributed by atoms with Gasteiger partial charge in [0.1, 0.15) is 18.9 Å². The average molecular weight is 470 g/mol. The van der Waals surface area contributed by atoms with Crippen molar-refractivity contribution < 1.29 is 22.9 Å². The molecule has 0 radical (unpaired) electrons. The van der Waals surface area contributed by atoms with Crippen molar-refractivity contribution in [3.63, 3.8) is 0 Å². The summed E-state index contributed by atoms with van der Waals surface area (Å²) in [5.74, 6) is 0.0861. The quantitative estimate of drug-likeness (QED) is 0.276. The van der Waals surface area contributed by atoms with Crippen molar-refractivity contribution in [1.82, 2.24) is 5.32 Å². The van der Waals surface area contributed by atoms with Crippen molar-refractivity contribution in [3.8, 4) is 5.75 Å². The molecule has 0 spiro atoms. The third-order valence-electron chi connectivity index (χ3n) is 4.63. The zero-order chi connectivity index (χ0) is 23.8. The summed E-state index contributed by atoms with van der Waals surface area (Å²) >= 11 is 0. The Morgan fingerprint density at radius 1 is 1.03 bits per heavy atom. The van der Waals surface area contributed by atoms with Crippen LogP contribution in [0.4, 0.5) is 11.4 Å². The highest BCUT2D eigenvalue weighted by molar-refractivity contribution is 7.92. The monoisotopic (exact) mass is 469 g/mol. The van der Waals surface area contributed by atoms with Crippen LogP contribution >= 0.6 is 0 Å². The predicted molar refractivity (Wildman–Crippen MR) is 124 cm³/mol. The lowest BCUT2D eigenvalue weighted by Crippen LogP contribution is -2.41. The van der Waals surface area contributed by atoms with Gasteiger partial charge in [-0.15, -0.1) is 0 Å². The number of hydrogen-bond donors (Lipinski definition) is 1. The van der Waals surface area contributed by atoms with E-state index in [1.807, 2.05) is 25.1 Å². The number of carbonyl (C=O) groups excluding carboxylic acids is 1. The van der Waals surface area contributed by atoms with Gasteiger partial charge >= 0.3 is 0 Å². The van der Waals surface area contributed by atoms with Crippen LogP contribution in [0.2, 0.25) is 0 Å². The normalized spacial score (nSPS) is 10.9. The summed E-state index contributed by atoms with van der Waals surface area (Å²) in [4.78, 5) is 23.1. The predicted octanol–water partition coefficient (Wildman–Crippen LogP) is 3.29. The lowest BCUT2D eigenvalue weighted by atomic mass is 10.2. The van der Waals surface area contributed by atoms with Gasteiger partial charge in [-0.1, -0.05) is 36.4 Å². The van der Waals surface area contributed by atoms with E-state index in [-0.39, 0.29) is 29.4 Å². The number of nitrogens with zero attached hydrogens (tertiary/aromatic N) is 2. The smallest absolute Gasteiger partial charge is 0.271 e. The number of nitro groups is 1. The second-order valence-electron chi connectivity index (χ2n) is 7.12. The Labute approximate surface area is 191 Å². The fraction of sp³-hybridized carbons (Fsp3) is 0.174. The van der Waals surface area contributed by atoms with Crippen LogP contribution in [0, 0.1) is 17.0 Å². The molecule has 0 saturated heterocycles. The number of ether oxygens (including phenoxy) is 1. The number of nitro benzene ring substituents is 1. The largest absolute Gasteiger partial charge is 0.492 e. The molecular formula is C23H23N3O6S. The highest BCUT2D eigenvalue weighted by Crippen LogP contribution is 2.26. The number of hydrogen-bond acceptors (Lipinski definition) is 6. The number of non-ortho nitro benzene ring substituents is 1. The lowest BCUT2D eigenvalue weighted by molar-refractivity contribution is -0.384. The van der Waals surface area contributed by atoms with Gasteiger partial charge in [-0.3, -0.25) is 19.2 Å². The van der Waals surface area contributed by atoms with E-state index in [0.717, 1.165) is 15.9 Å². The molecule has 1 N–H and O–H groups in total. The summed E-state index contributed by atoms with van der Waals surface area (Å²) < 4.78 is 32.9. The minimum absolute atomic E-state index is 0.0132. The molecule has 0 fully saturated rings. The molecular weight excluding hydrogens is 446 g/mol. The van der Waals surface area contributed by atoms with Crippen LogP contribution in [0.15, 0.2) is 83.8 Å². The second-order valence-corrected chi connectivity index (χ2v) is 8.98. The summed E-state index contributed by atoms with van der Waals surface area (Å²) in [5, 5.41) is 13.8. The van der Waals surface area contributed by atoms with Gasteiger partial charge in [0.05, 0.1) is 22.1 Å². The van der Waals surface area contributed by atoms with E-state index in [1.54, 1.807) is 24.3 Å². The van der Waals surface area contributed by atoms with E-state index in [2.05, 4.69) is 5.32 Å². The molecule has 0 bridgehead atoms. The Morgan fingerprint density at radius 3 is 2.45 bits per heavy atom. The highest BCUT2D eigenvalue weighted by Gasteiger charge is 2.28. The zero-order valence-electron chi connectivity index (χ0n) is 17.9. The first kappa shape index (κ1) is 23.7. The van der Waals surface area contributed by atoms with E-state index in [4.69, 9.17) is 4.74 Å². The fourth-order valence-corrected chi connectivity index (χ4v) is 4.48. The molecule has 10 heteroatoms. The van der Waals surface area contributed by atoms with Crippen LogP contribution in [0.5, 0.6) is 5.75 Å². The van der Waals surface area contributed by atoms with E-state index in [0.29, 0.717) is 5.75 Å². The van der Waals surface area contributed by atoms with Gasteiger partial charge in [0.2, 0.25) is 5.91 Å². The lowest BCUT2D eigenvalue weighted by Gasteiger charge is -2.24. The van der Waals surface area contributed by atoms with Gasteiger partial charge in [0, 0.05) is 12.1 Å². The number of sulfonamides is 1. The summed E-state index contributed by atoms with van der Waals surface area (Å²) in [6.07, 6.45) is 0. The summed E-state index contributed by atoms with van der Waals surface area (Å²) in [5.41, 5.74) is 0.766. The number of carbonyl (C=O) groups is 1. The van der Waals surface area contributed by atoms with Gasteiger partial charge < -0.3 is 10.1 Å². The van der Waals surface area contributed by atoms with Crippen molar-refractivity contribution in [2.24, 2.45) is 0 Å². The first-order valence-electron chi connectivity index (χ1n) is 10.1. The molecule has 172 valence electrons. The van der Waals surface area contributed by atoms with E-state index < -0.39 is 27.4 Å². The molecule has 0 atom stereocenters. The van der Waals surface area contributed by atoms with Crippen LogP contribution in [0.25, 0.3) is 0 Å². The molecule has 0 aliphatic rings. The molecule has 0 aliphatic carbocycles. The summed E-state index contributed by atoms with van der Waals surface area (Å²) in [6, 6.07) is 20.2. The van der Waals surface area contributed by atoms with Gasteiger partial charge in [-0.2, -0.15) is 0 Å². The average Bonchev–Trinajstić information content (AvgIpc) is 2.81. The summed E-state index contributed by atoms with van der Waals surface area (Å²) in [7, 11) is -4.15. The van der Waals surface area contributed by atoms with Crippen molar-refractivity contribution in [2.75, 3.05) is 24.0 Å². The first-order chi connectivity index (χ1) is 15.8. The van der Waals surface area contributed by atoms with Gasteiger partial charge in [-0.05, 0) is 42.8 Å². The van der Waals surface area contributed by atoms with Crippen LogP contribution in [-0.4, -0.2) is 38.9 Å². The van der Waals surface area contributed by atoms with Crippen LogP contribution in [-0.2, 0) is 14.8 Å². The van der Waals surface area contributed by atoms with Crippen LogP contribution in [0.3, 0.4) is 0 Å². The van der Waals surface area contributed by atoms with Gasteiger partial charge in [-0.25, -0.2) is 8.42 Å². The maximum atomic E-state index is 13.2. The molecule has 3 aromatic rings. The molecule has 3 aromatic carbocycles. The minimum atomic E-state index is -4.15. The zero-order valence-corrected chi connectivity index (χ0v) is 18.7. The number of amides is 1. The Morgan fingerprint density at radius 2 is 1.76 bits per heavy atom. The molecule has 0 saturated carbocycles. The molecule has 0 aliphatic heterocycles. The van der Waals surface area contributed by atoms with Crippen molar-refractivity contribution >= 4 is 27.3 Å². The highest BCUT2D eigenvalue weighted by atomic mass is 32.2. The van der Waals surface area contributed by atoms with Crippen molar-refractivity contribution in [1.29, 1.82) is 0 Å². The van der Waals surface area contributed by atoms with Crippen molar-refractivity contribution in [2.45, 2.75) is 11.8 Å². The maximum Gasteiger partial charge on any atom is 0.271 e. The molecule has 0 aromatic heterocycles. The number of rotatable bonds is 10. The second kappa shape index (κ2) is 10.6. The standard InChI is InChI=1S/C23H23N3O6S/c1-18-7-5-10-21(15-18)32-14-13-24-23(27)17-25(19-8-6-9-20(16-19)26(28)29)33(30,31)22-11-3-2-4-12-22/h2-12,15-16H,13-14,17H2,1H3,(H,24,27). The SMILES string of the molecule is Cc1cccc(OCCNC(=O)CN(c2cccc([N+](=O)[O-])c2)S(=O)(=O)c2ccccc2)c1. The molecule has 3 rings (SSSR count). The van der Waals surface area contributed by atoms with E-state index in [1.165, 1.54) is 30.3 Å². The first-order valence-corrected chi connectivity index (χ1v) is 11.5. The number of anilines is 1. The Kier molecular flexibility index (Phi) is 7.62. The summed E-state index contributed by atoms with van der Waals surface area (Å²) in [6.45, 7) is 1.73. The molecule has 9 nitrogen and oxygen atoms in total.